The number of nitrogens with one attached hydrogen (secondary N) is 1. The van der Waals surface area contributed by atoms with Gasteiger partial charge in [0, 0.05) is 32.0 Å². The average molecular weight is 266 g/mol. The molecule has 1 rings (SSSR count). The number of hydrogen-bond donors (Lipinski definition) is 2. The Morgan fingerprint density at radius 1 is 1.53 bits per heavy atom. The van der Waals surface area contributed by atoms with Crippen molar-refractivity contribution < 1.29 is 14.7 Å². The number of amides is 2. The molecule has 0 bridgehead atoms. The van der Waals surface area contributed by atoms with Gasteiger partial charge in [-0.05, 0) is 12.5 Å². The van der Waals surface area contributed by atoms with Crippen LogP contribution < -0.4 is 5.32 Å². The van der Waals surface area contributed by atoms with Crippen LogP contribution in [0, 0.1) is 0 Å². The van der Waals surface area contributed by atoms with E-state index in [1.807, 2.05) is 12.3 Å². The number of carbonyl (C=O) groups is 2. The predicted octanol–water partition coefficient (Wildman–Crippen LogP) is 0.555. The van der Waals surface area contributed by atoms with Gasteiger partial charge in [-0.2, -0.15) is 5.10 Å². The number of hydrogen-bond acceptors (Lipinski definition) is 3. The number of aromatic nitrogens is 2. The van der Waals surface area contributed by atoms with Crippen molar-refractivity contribution in [1.82, 2.24) is 20.0 Å². The van der Waals surface area contributed by atoms with Crippen molar-refractivity contribution in [2.75, 3.05) is 19.6 Å². The Hall–Kier alpha value is -2.31. The normalized spacial score (nSPS) is 9.89. The van der Waals surface area contributed by atoms with E-state index in [0.29, 0.717) is 13.1 Å². The van der Waals surface area contributed by atoms with Gasteiger partial charge in [0.15, 0.2) is 0 Å². The number of aliphatic carboxylic acids is 1. The van der Waals surface area contributed by atoms with Crippen LogP contribution in [0.5, 0.6) is 0 Å². The standard InChI is InChI=1S/C12H18N4O3/c1-2-7-15(10-11(17)18)12(19)13-5-3-8-16-9-4-6-14-16/h2,4,6,9H,1,3,5,7-8,10H2,(H,13,19)(H,17,18). The molecule has 0 aliphatic carbocycles. The monoisotopic (exact) mass is 266 g/mol. The van der Waals surface area contributed by atoms with Crippen LogP contribution in [0.2, 0.25) is 0 Å². The number of urea groups is 1. The zero-order chi connectivity index (χ0) is 14.1. The summed E-state index contributed by atoms with van der Waals surface area (Å²) in [6.07, 6.45) is 5.75. The van der Waals surface area contributed by atoms with E-state index in [9.17, 15) is 9.59 Å². The molecule has 0 spiro atoms. The molecule has 1 heterocycles. The second-order valence-electron chi connectivity index (χ2n) is 3.92. The maximum absolute atomic E-state index is 11.7. The Bertz CT molecular complexity index is 417. The molecule has 1 aromatic rings. The summed E-state index contributed by atoms with van der Waals surface area (Å²) in [4.78, 5) is 23.5. The first-order chi connectivity index (χ1) is 9.13. The van der Waals surface area contributed by atoms with Crippen molar-refractivity contribution in [2.45, 2.75) is 13.0 Å². The van der Waals surface area contributed by atoms with Crippen molar-refractivity contribution in [1.29, 1.82) is 0 Å². The summed E-state index contributed by atoms with van der Waals surface area (Å²) in [6.45, 7) is 4.53. The molecule has 7 heteroatoms. The van der Waals surface area contributed by atoms with E-state index in [1.54, 1.807) is 10.9 Å². The summed E-state index contributed by atoms with van der Waals surface area (Å²) in [5, 5.41) is 15.4. The first kappa shape index (κ1) is 14.7. The molecule has 0 saturated heterocycles. The summed E-state index contributed by atoms with van der Waals surface area (Å²) in [5.74, 6) is -1.05. The molecule has 1 aromatic heterocycles. The maximum atomic E-state index is 11.7. The van der Waals surface area contributed by atoms with Crippen LogP contribution in [0.25, 0.3) is 0 Å². The van der Waals surface area contributed by atoms with Crippen LogP contribution in [0.1, 0.15) is 6.42 Å². The highest BCUT2D eigenvalue weighted by Crippen LogP contribution is 1.92. The third-order valence-electron chi connectivity index (χ3n) is 2.36. The van der Waals surface area contributed by atoms with Crippen molar-refractivity contribution in [3.05, 3.63) is 31.1 Å². The van der Waals surface area contributed by atoms with Gasteiger partial charge in [-0.3, -0.25) is 9.48 Å². The summed E-state index contributed by atoms with van der Waals surface area (Å²) < 4.78 is 1.77. The minimum Gasteiger partial charge on any atom is -0.480 e. The molecule has 7 nitrogen and oxygen atoms in total. The molecular weight excluding hydrogens is 248 g/mol. The first-order valence-corrected chi connectivity index (χ1v) is 5.96. The van der Waals surface area contributed by atoms with Gasteiger partial charge in [0.1, 0.15) is 6.54 Å². The molecule has 0 aliphatic heterocycles. The topological polar surface area (TPSA) is 87.5 Å². The minimum absolute atomic E-state index is 0.206. The number of carbonyl (C=O) groups excluding carboxylic acids is 1. The van der Waals surface area contributed by atoms with Crippen LogP contribution in [0.3, 0.4) is 0 Å². The molecule has 0 unspecified atom stereocenters. The van der Waals surface area contributed by atoms with E-state index in [2.05, 4.69) is 17.0 Å². The molecule has 0 saturated carbocycles. The van der Waals surface area contributed by atoms with E-state index < -0.39 is 12.0 Å². The lowest BCUT2D eigenvalue weighted by atomic mass is 10.4. The fourth-order valence-electron chi connectivity index (χ4n) is 1.52. The Morgan fingerprint density at radius 3 is 2.89 bits per heavy atom. The summed E-state index contributed by atoms with van der Waals surface area (Å²) >= 11 is 0. The molecular formula is C12H18N4O3. The smallest absolute Gasteiger partial charge is 0.323 e. The van der Waals surface area contributed by atoms with Crippen LogP contribution in [-0.4, -0.2) is 51.4 Å². The number of rotatable bonds is 8. The van der Waals surface area contributed by atoms with E-state index in [-0.39, 0.29) is 13.1 Å². The van der Waals surface area contributed by atoms with E-state index in [0.717, 1.165) is 6.42 Å². The fourth-order valence-corrected chi connectivity index (χ4v) is 1.52. The lowest BCUT2D eigenvalue weighted by Gasteiger charge is -2.19. The fraction of sp³-hybridized carbons (Fsp3) is 0.417. The predicted molar refractivity (Wildman–Crippen MR) is 69.6 cm³/mol. The zero-order valence-electron chi connectivity index (χ0n) is 10.7. The number of aryl methyl sites for hydroxylation is 1. The lowest BCUT2D eigenvalue weighted by molar-refractivity contribution is -0.137. The first-order valence-electron chi connectivity index (χ1n) is 5.96. The molecule has 0 fully saturated rings. The second-order valence-corrected chi connectivity index (χ2v) is 3.92. The highest BCUT2D eigenvalue weighted by molar-refractivity contribution is 5.80. The van der Waals surface area contributed by atoms with Gasteiger partial charge in [0.25, 0.3) is 0 Å². The third-order valence-corrected chi connectivity index (χ3v) is 2.36. The highest BCUT2D eigenvalue weighted by Gasteiger charge is 2.14. The summed E-state index contributed by atoms with van der Waals surface area (Å²) in [7, 11) is 0. The molecule has 0 aromatic carbocycles. The van der Waals surface area contributed by atoms with Gasteiger partial charge in [-0.1, -0.05) is 6.08 Å². The molecule has 2 N–H and O–H groups in total. The van der Waals surface area contributed by atoms with Gasteiger partial charge in [-0.25, -0.2) is 4.79 Å². The minimum atomic E-state index is -1.05. The number of nitrogens with zero attached hydrogens (tertiary/aromatic N) is 3. The SMILES string of the molecule is C=CCN(CC(=O)O)C(=O)NCCCn1cccn1. The van der Waals surface area contributed by atoms with E-state index in [1.165, 1.54) is 11.0 Å². The number of carboxylic acid groups (broad SMARTS) is 1. The van der Waals surface area contributed by atoms with E-state index >= 15 is 0 Å². The van der Waals surface area contributed by atoms with Crippen molar-refractivity contribution >= 4 is 12.0 Å². The number of carboxylic acids is 1. The maximum Gasteiger partial charge on any atom is 0.323 e. The van der Waals surface area contributed by atoms with Gasteiger partial charge >= 0.3 is 12.0 Å². The van der Waals surface area contributed by atoms with Crippen molar-refractivity contribution in [3.8, 4) is 0 Å². The third kappa shape index (κ3) is 5.71. The zero-order valence-corrected chi connectivity index (χ0v) is 10.7. The summed E-state index contributed by atoms with van der Waals surface area (Å²) in [5.41, 5.74) is 0. The second kappa shape index (κ2) is 7.91. The largest absolute Gasteiger partial charge is 0.480 e. The molecule has 0 atom stereocenters. The Morgan fingerprint density at radius 2 is 2.32 bits per heavy atom. The van der Waals surface area contributed by atoms with Crippen molar-refractivity contribution in [2.24, 2.45) is 0 Å². The Labute approximate surface area is 111 Å². The Kier molecular flexibility index (Phi) is 6.14. The lowest BCUT2D eigenvalue weighted by Crippen LogP contribution is -2.43. The van der Waals surface area contributed by atoms with Crippen molar-refractivity contribution in [3.63, 3.8) is 0 Å². The summed E-state index contributed by atoms with van der Waals surface area (Å²) in [6, 6.07) is 1.43. The molecule has 104 valence electrons. The molecule has 19 heavy (non-hydrogen) atoms. The van der Waals surface area contributed by atoms with Gasteiger partial charge in [0.05, 0.1) is 0 Å². The quantitative estimate of drug-likeness (QED) is 0.531. The average Bonchev–Trinajstić information content (AvgIpc) is 2.86. The van der Waals surface area contributed by atoms with Gasteiger partial charge < -0.3 is 15.3 Å². The van der Waals surface area contributed by atoms with Crippen LogP contribution in [0.15, 0.2) is 31.1 Å². The van der Waals surface area contributed by atoms with E-state index in [4.69, 9.17) is 5.11 Å². The van der Waals surface area contributed by atoms with Gasteiger partial charge in [0.2, 0.25) is 0 Å². The van der Waals surface area contributed by atoms with Gasteiger partial charge in [-0.15, -0.1) is 6.58 Å². The van der Waals surface area contributed by atoms with Crippen LogP contribution >= 0.6 is 0 Å². The molecule has 2 amide bonds. The van der Waals surface area contributed by atoms with Crippen LogP contribution in [-0.2, 0) is 11.3 Å². The van der Waals surface area contributed by atoms with Crippen LogP contribution in [0.4, 0.5) is 4.79 Å². The highest BCUT2D eigenvalue weighted by atomic mass is 16.4. The molecule has 0 radical (unpaired) electrons. The Balaban J connectivity index is 2.27. The molecule has 0 aliphatic rings.